The Balaban J connectivity index is 2.22. The summed E-state index contributed by atoms with van der Waals surface area (Å²) in [5.41, 5.74) is 0.223. The third-order valence-corrected chi connectivity index (χ3v) is 3.37. The van der Waals surface area contributed by atoms with Gasteiger partial charge in [-0.2, -0.15) is 0 Å². The average Bonchev–Trinajstić information content (AvgIpc) is 2.27. The van der Waals surface area contributed by atoms with Gasteiger partial charge in [-0.3, -0.25) is 0 Å². The van der Waals surface area contributed by atoms with Gasteiger partial charge in [-0.15, -0.1) is 11.8 Å². The topological polar surface area (TPSA) is 21.3 Å². The number of hydrogen-bond acceptors (Lipinski definition) is 3. The van der Waals surface area contributed by atoms with Crippen LogP contribution in [0.5, 0.6) is 5.75 Å². The molecule has 0 spiro atoms. The van der Waals surface area contributed by atoms with Crippen molar-refractivity contribution in [3.8, 4) is 5.75 Å². The average molecular weight is 253 g/mol. The maximum atomic E-state index is 5.20. The minimum absolute atomic E-state index is 0.223. The quantitative estimate of drug-likeness (QED) is 0.618. The fourth-order valence-electron chi connectivity index (χ4n) is 1.42. The molecule has 1 aromatic carbocycles. The summed E-state index contributed by atoms with van der Waals surface area (Å²) in [6, 6.07) is 8.23. The standard InChI is InChI=1S/C14H23NOS/c1-14(2,3)15-9-6-10-17-13-8-5-7-12(11-13)16-4/h5,7-8,11,15H,6,9-10H2,1-4H3. The lowest BCUT2D eigenvalue weighted by molar-refractivity contribution is 0.413. The summed E-state index contributed by atoms with van der Waals surface area (Å²) in [7, 11) is 1.71. The first-order chi connectivity index (χ1) is 8.01. The van der Waals surface area contributed by atoms with Gasteiger partial charge in [0, 0.05) is 10.4 Å². The predicted octanol–water partition coefficient (Wildman–Crippen LogP) is 3.57. The van der Waals surface area contributed by atoms with E-state index in [4.69, 9.17) is 4.74 Å². The van der Waals surface area contributed by atoms with E-state index in [1.54, 1.807) is 7.11 Å². The van der Waals surface area contributed by atoms with Gasteiger partial charge in [0.25, 0.3) is 0 Å². The molecular formula is C14H23NOS. The molecule has 0 radical (unpaired) electrons. The van der Waals surface area contributed by atoms with Gasteiger partial charge in [-0.05, 0) is 57.7 Å². The second kappa shape index (κ2) is 6.92. The minimum atomic E-state index is 0.223. The van der Waals surface area contributed by atoms with Crippen LogP contribution in [0.15, 0.2) is 29.2 Å². The van der Waals surface area contributed by atoms with Crippen LogP contribution in [-0.2, 0) is 0 Å². The summed E-state index contributed by atoms with van der Waals surface area (Å²) >= 11 is 1.88. The van der Waals surface area contributed by atoms with Gasteiger partial charge in [0.2, 0.25) is 0 Å². The first-order valence-corrected chi connectivity index (χ1v) is 7.02. The van der Waals surface area contributed by atoms with Crippen molar-refractivity contribution in [1.29, 1.82) is 0 Å². The largest absolute Gasteiger partial charge is 0.497 e. The molecule has 0 aliphatic heterocycles. The molecule has 1 rings (SSSR count). The molecule has 1 N–H and O–H groups in total. The van der Waals surface area contributed by atoms with Crippen molar-refractivity contribution in [2.75, 3.05) is 19.4 Å². The lowest BCUT2D eigenvalue weighted by Crippen LogP contribution is -2.36. The Hall–Kier alpha value is -0.670. The molecule has 0 heterocycles. The van der Waals surface area contributed by atoms with E-state index in [1.807, 2.05) is 23.9 Å². The summed E-state index contributed by atoms with van der Waals surface area (Å²) in [6.45, 7) is 7.66. The van der Waals surface area contributed by atoms with E-state index >= 15 is 0 Å². The van der Waals surface area contributed by atoms with Gasteiger partial charge in [-0.25, -0.2) is 0 Å². The van der Waals surface area contributed by atoms with Gasteiger partial charge >= 0.3 is 0 Å². The monoisotopic (exact) mass is 253 g/mol. The van der Waals surface area contributed by atoms with Crippen LogP contribution in [0.4, 0.5) is 0 Å². The smallest absolute Gasteiger partial charge is 0.119 e. The number of nitrogens with one attached hydrogen (secondary N) is 1. The molecule has 2 nitrogen and oxygen atoms in total. The van der Waals surface area contributed by atoms with E-state index < -0.39 is 0 Å². The Morgan fingerprint density at radius 3 is 2.71 bits per heavy atom. The molecule has 0 unspecified atom stereocenters. The van der Waals surface area contributed by atoms with E-state index in [2.05, 4.69) is 38.2 Å². The van der Waals surface area contributed by atoms with Gasteiger partial charge in [0.05, 0.1) is 7.11 Å². The zero-order chi connectivity index (χ0) is 12.7. The van der Waals surface area contributed by atoms with Crippen molar-refractivity contribution in [2.24, 2.45) is 0 Å². The summed E-state index contributed by atoms with van der Waals surface area (Å²) in [5.74, 6) is 2.07. The Morgan fingerprint density at radius 2 is 2.06 bits per heavy atom. The van der Waals surface area contributed by atoms with Crippen molar-refractivity contribution < 1.29 is 4.74 Å². The second-order valence-electron chi connectivity index (χ2n) is 5.06. The molecule has 0 saturated carbocycles. The maximum absolute atomic E-state index is 5.20. The summed E-state index contributed by atoms with van der Waals surface area (Å²) < 4.78 is 5.20. The molecule has 0 fully saturated rings. The number of benzene rings is 1. The molecule has 96 valence electrons. The summed E-state index contributed by atoms with van der Waals surface area (Å²) in [6.07, 6.45) is 1.18. The molecule has 0 aliphatic rings. The van der Waals surface area contributed by atoms with E-state index in [9.17, 15) is 0 Å². The van der Waals surface area contributed by atoms with Crippen molar-refractivity contribution in [3.63, 3.8) is 0 Å². The third-order valence-electron chi connectivity index (χ3n) is 2.29. The SMILES string of the molecule is COc1cccc(SCCCNC(C)(C)C)c1. The second-order valence-corrected chi connectivity index (χ2v) is 6.23. The number of ether oxygens (including phenoxy) is 1. The highest BCUT2D eigenvalue weighted by Gasteiger charge is 2.07. The normalized spacial score (nSPS) is 11.5. The maximum Gasteiger partial charge on any atom is 0.119 e. The first kappa shape index (κ1) is 14.4. The Bertz CT molecular complexity index is 333. The Labute approximate surface area is 109 Å². The minimum Gasteiger partial charge on any atom is -0.497 e. The fourth-order valence-corrected chi connectivity index (χ4v) is 2.32. The van der Waals surface area contributed by atoms with E-state index in [1.165, 1.54) is 11.3 Å². The van der Waals surface area contributed by atoms with E-state index in [-0.39, 0.29) is 5.54 Å². The fraction of sp³-hybridized carbons (Fsp3) is 0.571. The molecule has 0 atom stereocenters. The zero-order valence-corrected chi connectivity index (χ0v) is 12.1. The van der Waals surface area contributed by atoms with Crippen molar-refractivity contribution in [1.82, 2.24) is 5.32 Å². The number of thioether (sulfide) groups is 1. The van der Waals surface area contributed by atoms with Crippen molar-refractivity contribution in [3.05, 3.63) is 24.3 Å². The highest BCUT2D eigenvalue weighted by Crippen LogP contribution is 2.23. The highest BCUT2D eigenvalue weighted by molar-refractivity contribution is 7.99. The lowest BCUT2D eigenvalue weighted by atomic mass is 10.1. The van der Waals surface area contributed by atoms with Crippen LogP contribution < -0.4 is 10.1 Å². The number of hydrogen-bond donors (Lipinski definition) is 1. The van der Waals surface area contributed by atoms with Gasteiger partial charge in [-0.1, -0.05) is 6.07 Å². The number of methoxy groups -OCH3 is 1. The molecule has 3 heteroatoms. The van der Waals surface area contributed by atoms with Gasteiger partial charge in [0.1, 0.15) is 5.75 Å². The molecule has 0 aromatic heterocycles. The third kappa shape index (κ3) is 6.59. The lowest BCUT2D eigenvalue weighted by Gasteiger charge is -2.20. The number of rotatable bonds is 6. The van der Waals surface area contributed by atoms with E-state index in [0.717, 1.165) is 18.0 Å². The molecule has 1 aromatic rings. The van der Waals surface area contributed by atoms with Crippen LogP contribution in [-0.4, -0.2) is 24.9 Å². The Morgan fingerprint density at radius 1 is 1.29 bits per heavy atom. The predicted molar refractivity (Wildman–Crippen MR) is 76.1 cm³/mol. The van der Waals surface area contributed by atoms with Crippen LogP contribution in [0.2, 0.25) is 0 Å². The van der Waals surface area contributed by atoms with Gasteiger partial charge < -0.3 is 10.1 Å². The van der Waals surface area contributed by atoms with Crippen molar-refractivity contribution in [2.45, 2.75) is 37.6 Å². The van der Waals surface area contributed by atoms with Crippen LogP contribution in [0, 0.1) is 0 Å². The Kier molecular flexibility index (Phi) is 5.86. The van der Waals surface area contributed by atoms with Crippen molar-refractivity contribution >= 4 is 11.8 Å². The molecule has 0 aliphatic carbocycles. The molecular weight excluding hydrogens is 230 g/mol. The molecule has 17 heavy (non-hydrogen) atoms. The highest BCUT2D eigenvalue weighted by atomic mass is 32.2. The van der Waals surface area contributed by atoms with Crippen LogP contribution in [0.3, 0.4) is 0 Å². The van der Waals surface area contributed by atoms with Crippen LogP contribution in [0.1, 0.15) is 27.2 Å². The van der Waals surface area contributed by atoms with E-state index in [0.29, 0.717) is 0 Å². The summed E-state index contributed by atoms with van der Waals surface area (Å²) in [5, 5.41) is 3.49. The molecule has 0 saturated heterocycles. The molecule has 0 amide bonds. The first-order valence-electron chi connectivity index (χ1n) is 6.03. The van der Waals surface area contributed by atoms with Gasteiger partial charge in [0.15, 0.2) is 0 Å². The van der Waals surface area contributed by atoms with Crippen LogP contribution >= 0.6 is 11.8 Å². The summed E-state index contributed by atoms with van der Waals surface area (Å²) in [4.78, 5) is 1.28. The molecule has 0 bridgehead atoms. The van der Waals surface area contributed by atoms with Crippen LogP contribution in [0.25, 0.3) is 0 Å². The zero-order valence-electron chi connectivity index (χ0n) is 11.2.